The fourth-order valence-corrected chi connectivity index (χ4v) is 3.57. The molecule has 4 nitrogen and oxygen atoms in total. The zero-order chi connectivity index (χ0) is 16.9. The van der Waals surface area contributed by atoms with Gasteiger partial charge >= 0.3 is 6.09 Å². The summed E-state index contributed by atoms with van der Waals surface area (Å²) in [4.78, 5) is 25.5. The highest BCUT2D eigenvalue weighted by Crippen LogP contribution is 2.45. The average molecular weight is 313 g/mol. The Morgan fingerprint density at radius 2 is 1.91 bits per heavy atom. The van der Waals surface area contributed by atoms with E-state index >= 15 is 0 Å². The van der Waals surface area contributed by atoms with Crippen LogP contribution in [-0.4, -0.2) is 22.0 Å². The SMILES string of the molecule is CCC1c2c(c3ccccc3n2C(=O)OC(C)(C)C)C(=O)C1C. The number of hydrogen-bond acceptors (Lipinski definition) is 3. The minimum Gasteiger partial charge on any atom is -0.443 e. The lowest BCUT2D eigenvalue weighted by atomic mass is 9.93. The van der Waals surface area contributed by atoms with Crippen LogP contribution in [-0.2, 0) is 4.74 Å². The number of ketones is 1. The van der Waals surface area contributed by atoms with Crippen molar-refractivity contribution in [2.45, 2.75) is 52.6 Å². The first kappa shape index (κ1) is 15.8. The highest BCUT2D eigenvalue weighted by Gasteiger charge is 2.42. The number of benzene rings is 1. The van der Waals surface area contributed by atoms with Crippen molar-refractivity contribution in [3.05, 3.63) is 35.5 Å². The van der Waals surface area contributed by atoms with E-state index in [1.807, 2.05) is 52.0 Å². The van der Waals surface area contributed by atoms with Gasteiger partial charge in [-0.1, -0.05) is 32.0 Å². The lowest BCUT2D eigenvalue weighted by Crippen LogP contribution is -2.28. The minimum atomic E-state index is -0.578. The van der Waals surface area contributed by atoms with Gasteiger partial charge < -0.3 is 4.74 Å². The molecule has 0 bridgehead atoms. The van der Waals surface area contributed by atoms with E-state index < -0.39 is 11.7 Å². The van der Waals surface area contributed by atoms with Crippen molar-refractivity contribution in [3.63, 3.8) is 0 Å². The van der Waals surface area contributed by atoms with Crippen LogP contribution in [0, 0.1) is 5.92 Å². The second-order valence-electron chi connectivity index (χ2n) is 7.26. The first-order valence-corrected chi connectivity index (χ1v) is 8.17. The topological polar surface area (TPSA) is 48.3 Å². The van der Waals surface area contributed by atoms with Crippen LogP contribution in [0.5, 0.6) is 0 Å². The van der Waals surface area contributed by atoms with Gasteiger partial charge in [0.15, 0.2) is 5.78 Å². The molecule has 0 N–H and O–H groups in total. The molecule has 1 aliphatic carbocycles. The molecular formula is C19H23NO3. The molecule has 0 fully saturated rings. The van der Waals surface area contributed by atoms with Crippen LogP contribution in [0.25, 0.3) is 10.9 Å². The maximum atomic E-state index is 12.8. The number of ether oxygens (including phenoxy) is 1. The Hall–Kier alpha value is -2.10. The number of hydrogen-bond donors (Lipinski definition) is 0. The Balaban J connectivity index is 2.28. The highest BCUT2D eigenvalue weighted by molar-refractivity contribution is 6.15. The number of fused-ring (bicyclic) bond motifs is 3. The quantitative estimate of drug-likeness (QED) is 0.763. The minimum absolute atomic E-state index is 0.0532. The molecule has 1 aliphatic rings. The lowest BCUT2D eigenvalue weighted by Gasteiger charge is -2.22. The van der Waals surface area contributed by atoms with Gasteiger partial charge in [-0.05, 0) is 33.3 Å². The van der Waals surface area contributed by atoms with E-state index in [1.165, 1.54) is 0 Å². The molecule has 2 atom stereocenters. The molecule has 0 spiro atoms. The molecule has 0 radical (unpaired) electrons. The van der Waals surface area contributed by atoms with Crippen LogP contribution in [0.3, 0.4) is 0 Å². The van der Waals surface area contributed by atoms with Crippen molar-refractivity contribution in [1.82, 2.24) is 4.57 Å². The van der Waals surface area contributed by atoms with E-state index in [4.69, 9.17) is 4.74 Å². The molecule has 1 heterocycles. The zero-order valence-electron chi connectivity index (χ0n) is 14.3. The first-order chi connectivity index (χ1) is 10.8. The second-order valence-corrected chi connectivity index (χ2v) is 7.26. The predicted molar refractivity (Wildman–Crippen MR) is 90.1 cm³/mol. The van der Waals surface area contributed by atoms with Gasteiger partial charge in [-0.15, -0.1) is 0 Å². The maximum Gasteiger partial charge on any atom is 0.419 e. The normalized spacial score (nSPS) is 20.8. The van der Waals surface area contributed by atoms with Gasteiger partial charge in [0.05, 0.1) is 5.52 Å². The molecule has 2 unspecified atom stereocenters. The van der Waals surface area contributed by atoms with Crippen molar-refractivity contribution in [1.29, 1.82) is 0 Å². The summed E-state index contributed by atoms with van der Waals surface area (Å²) in [5.41, 5.74) is 1.70. The van der Waals surface area contributed by atoms with Crippen LogP contribution >= 0.6 is 0 Å². The number of aromatic nitrogens is 1. The van der Waals surface area contributed by atoms with Gasteiger partial charge in [0.1, 0.15) is 5.60 Å². The largest absolute Gasteiger partial charge is 0.443 e. The third-order valence-electron chi connectivity index (χ3n) is 4.54. The van der Waals surface area contributed by atoms with E-state index in [2.05, 4.69) is 6.92 Å². The van der Waals surface area contributed by atoms with Crippen LogP contribution < -0.4 is 0 Å². The maximum absolute atomic E-state index is 12.8. The van der Waals surface area contributed by atoms with Crippen LogP contribution in [0.15, 0.2) is 24.3 Å². The van der Waals surface area contributed by atoms with Gasteiger partial charge in [0.25, 0.3) is 0 Å². The van der Waals surface area contributed by atoms with Crippen molar-refractivity contribution < 1.29 is 14.3 Å². The molecule has 1 aromatic heterocycles. The summed E-state index contributed by atoms with van der Waals surface area (Å²) in [5, 5.41) is 0.848. The number of para-hydroxylation sites is 1. The standard InChI is InChI=1S/C19H23NO3/c1-6-12-11(2)17(21)15-13-9-7-8-10-14(13)20(16(12)15)18(22)23-19(3,4)5/h7-12H,6H2,1-5H3. The Bertz CT molecular complexity index is 795. The summed E-state index contributed by atoms with van der Waals surface area (Å²) in [6.07, 6.45) is 0.411. The summed E-state index contributed by atoms with van der Waals surface area (Å²) in [6.45, 7) is 9.55. The lowest BCUT2D eigenvalue weighted by molar-refractivity contribution is 0.0537. The zero-order valence-corrected chi connectivity index (χ0v) is 14.3. The van der Waals surface area contributed by atoms with E-state index in [1.54, 1.807) is 4.57 Å². The van der Waals surface area contributed by atoms with Crippen molar-refractivity contribution in [3.8, 4) is 0 Å². The first-order valence-electron chi connectivity index (χ1n) is 8.17. The fraction of sp³-hybridized carbons (Fsp3) is 0.474. The van der Waals surface area contributed by atoms with E-state index in [-0.39, 0.29) is 17.6 Å². The van der Waals surface area contributed by atoms with Gasteiger partial charge in [-0.2, -0.15) is 0 Å². The van der Waals surface area contributed by atoms with E-state index in [0.717, 1.165) is 23.0 Å². The Kier molecular flexibility index (Phi) is 3.58. The summed E-state index contributed by atoms with van der Waals surface area (Å²) in [6, 6.07) is 7.58. The molecule has 2 aromatic rings. The molecule has 1 aromatic carbocycles. The Morgan fingerprint density at radius 1 is 1.26 bits per heavy atom. The monoisotopic (exact) mass is 313 g/mol. The molecule has 0 amide bonds. The van der Waals surface area contributed by atoms with Crippen molar-refractivity contribution >= 4 is 22.8 Å². The van der Waals surface area contributed by atoms with E-state index in [9.17, 15) is 9.59 Å². The molecule has 122 valence electrons. The highest BCUT2D eigenvalue weighted by atomic mass is 16.6. The molecule has 4 heteroatoms. The van der Waals surface area contributed by atoms with Gasteiger partial charge in [0.2, 0.25) is 0 Å². The van der Waals surface area contributed by atoms with Crippen LogP contribution in [0.1, 0.15) is 63.0 Å². The smallest absolute Gasteiger partial charge is 0.419 e. The van der Waals surface area contributed by atoms with Gasteiger partial charge in [0, 0.05) is 28.5 Å². The third kappa shape index (κ3) is 2.37. The van der Waals surface area contributed by atoms with Gasteiger partial charge in [-0.25, -0.2) is 9.36 Å². The predicted octanol–water partition coefficient (Wildman–Crippen LogP) is 4.75. The summed E-state index contributed by atoms with van der Waals surface area (Å²) in [5.74, 6) is 0.0890. The summed E-state index contributed by atoms with van der Waals surface area (Å²) < 4.78 is 7.21. The molecule has 23 heavy (non-hydrogen) atoms. The molecule has 0 saturated heterocycles. The van der Waals surface area contributed by atoms with Gasteiger partial charge in [-0.3, -0.25) is 4.79 Å². The Morgan fingerprint density at radius 3 is 2.52 bits per heavy atom. The number of carbonyl (C=O) groups is 2. The fourth-order valence-electron chi connectivity index (χ4n) is 3.57. The Labute approximate surface area is 136 Å². The average Bonchev–Trinajstić information content (AvgIpc) is 2.91. The number of nitrogens with zero attached hydrogens (tertiary/aromatic N) is 1. The second kappa shape index (κ2) is 5.22. The third-order valence-corrected chi connectivity index (χ3v) is 4.54. The number of Topliss-reactive ketones (excluding diaryl/α,β-unsaturated/α-hetero) is 1. The van der Waals surface area contributed by atoms with Crippen molar-refractivity contribution in [2.24, 2.45) is 5.92 Å². The molecule has 0 saturated carbocycles. The van der Waals surface area contributed by atoms with Crippen LogP contribution in [0.4, 0.5) is 4.79 Å². The summed E-state index contributed by atoms with van der Waals surface area (Å²) >= 11 is 0. The number of carbonyl (C=O) groups excluding carboxylic acids is 2. The molecular weight excluding hydrogens is 290 g/mol. The molecule has 0 aliphatic heterocycles. The van der Waals surface area contributed by atoms with Crippen LogP contribution in [0.2, 0.25) is 0 Å². The number of rotatable bonds is 1. The van der Waals surface area contributed by atoms with E-state index in [0.29, 0.717) is 5.56 Å². The summed E-state index contributed by atoms with van der Waals surface area (Å²) in [7, 11) is 0. The molecule has 3 rings (SSSR count). The van der Waals surface area contributed by atoms with Crippen molar-refractivity contribution in [2.75, 3.05) is 0 Å².